The SMILES string of the molecule is O.c1ccc(OCC2CO2)cc1.c1ccc(OCC2CO2)cc1. The molecule has 23 heavy (non-hydrogen) atoms. The van der Waals surface area contributed by atoms with Crippen LogP contribution in [0.4, 0.5) is 0 Å². The highest BCUT2D eigenvalue weighted by molar-refractivity contribution is 5.21. The molecule has 2 aromatic rings. The van der Waals surface area contributed by atoms with Gasteiger partial charge in [0.2, 0.25) is 0 Å². The number of benzene rings is 2. The number of hydrogen-bond acceptors (Lipinski definition) is 4. The summed E-state index contributed by atoms with van der Waals surface area (Å²) in [5.74, 6) is 1.84. The molecule has 124 valence electrons. The Morgan fingerprint density at radius 3 is 1.35 bits per heavy atom. The molecule has 0 aliphatic carbocycles. The van der Waals surface area contributed by atoms with Crippen LogP contribution in [0.15, 0.2) is 60.7 Å². The average Bonchev–Trinajstić information content (AvgIpc) is 3.49. The van der Waals surface area contributed by atoms with Crippen LogP contribution in [0.5, 0.6) is 11.5 Å². The van der Waals surface area contributed by atoms with Crippen molar-refractivity contribution in [2.45, 2.75) is 12.2 Å². The Hall–Kier alpha value is -2.08. The van der Waals surface area contributed by atoms with Crippen LogP contribution in [-0.4, -0.2) is 44.1 Å². The Morgan fingerprint density at radius 1 is 0.696 bits per heavy atom. The molecule has 2 fully saturated rings. The first-order chi connectivity index (χ1) is 10.9. The Bertz CT molecular complexity index is 486. The number of ether oxygens (including phenoxy) is 4. The second kappa shape index (κ2) is 9.15. The van der Waals surface area contributed by atoms with E-state index in [1.807, 2.05) is 60.7 Å². The zero-order valence-corrected chi connectivity index (χ0v) is 12.9. The van der Waals surface area contributed by atoms with Gasteiger partial charge in [0, 0.05) is 0 Å². The quantitative estimate of drug-likeness (QED) is 0.764. The molecule has 2 unspecified atom stereocenters. The molecule has 0 aromatic heterocycles. The van der Waals surface area contributed by atoms with Crippen LogP contribution in [0.2, 0.25) is 0 Å². The molecule has 0 radical (unpaired) electrons. The number of rotatable bonds is 6. The van der Waals surface area contributed by atoms with E-state index in [0.717, 1.165) is 24.7 Å². The van der Waals surface area contributed by atoms with Crippen LogP contribution in [0, 0.1) is 0 Å². The van der Waals surface area contributed by atoms with Gasteiger partial charge in [-0.05, 0) is 24.3 Å². The van der Waals surface area contributed by atoms with Crippen molar-refractivity contribution in [3.63, 3.8) is 0 Å². The van der Waals surface area contributed by atoms with Gasteiger partial charge < -0.3 is 24.4 Å². The minimum atomic E-state index is 0. The van der Waals surface area contributed by atoms with Crippen molar-refractivity contribution in [1.82, 2.24) is 0 Å². The normalized spacial score (nSPS) is 20.3. The van der Waals surface area contributed by atoms with Gasteiger partial charge in [-0.1, -0.05) is 36.4 Å². The van der Waals surface area contributed by atoms with Crippen molar-refractivity contribution < 1.29 is 24.4 Å². The number of para-hydroxylation sites is 2. The lowest BCUT2D eigenvalue weighted by molar-refractivity contribution is 0.263. The van der Waals surface area contributed by atoms with Gasteiger partial charge in [-0.15, -0.1) is 0 Å². The van der Waals surface area contributed by atoms with E-state index >= 15 is 0 Å². The van der Waals surface area contributed by atoms with E-state index < -0.39 is 0 Å². The maximum atomic E-state index is 5.40. The van der Waals surface area contributed by atoms with Crippen LogP contribution < -0.4 is 9.47 Å². The Kier molecular flexibility index (Phi) is 6.87. The smallest absolute Gasteiger partial charge is 0.119 e. The molecule has 0 saturated carbocycles. The lowest BCUT2D eigenvalue weighted by Gasteiger charge is -2.01. The van der Waals surface area contributed by atoms with Crippen molar-refractivity contribution in [3.05, 3.63) is 60.7 Å². The molecule has 2 aliphatic rings. The van der Waals surface area contributed by atoms with Crippen LogP contribution in [0.3, 0.4) is 0 Å². The molecule has 4 rings (SSSR count). The van der Waals surface area contributed by atoms with E-state index in [2.05, 4.69) is 0 Å². The van der Waals surface area contributed by atoms with Crippen molar-refractivity contribution in [1.29, 1.82) is 0 Å². The lowest BCUT2D eigenvalue weighted by atomic mass is 10.3. The molecule has 5 nitrogen and oxygen atoms in total. The van der Waals surface area contributed by atoms with E-state index in [4.69, 9.17) is 18.9 Å². The molecular weight excluding hydrogens is 296 g/mol. The van der Waals surface area contributed by atoms with Crippen molar-refractivity contribution in [3.8, 4) is 11.5 Å². The summed E-state index contributed by atoms with van der Waals surface area (Å²) in [4.78, 5) is 0. The first kappa shape index (κ1) is 17.3. The van der Waals surface area contributed by atoms with Crippen LogP contribution in [0.1, 0.15) is 0 Å². The van der Waals surface area contributed by atoms with E-state index in [1.165, 1.54) is 0 Å². The predicted octanol–water partition coefficient (Wildman–Crippen LogP) is 2.10. The topological polar surface area (TPSA) is 75.0 Å². The van der Waals surface area contributed by atoms with Gasteiger partial charge in [0.05, 0.1) is 13.2 Å². The van der Waals surface area contributed by atoms with E-state index in [-0.39, 0.29) is 5.48 Å². The Labute approximate surface area is 136 Å². The molecule has 0 amide bonds. The molecule has 2 heterocycles. The molecule has 0 bridgehead atoms. The monoisotopic (exact) mass is 318 g/mol. The van der Waals surface area contributed by atoms with E-state index in [1.54, 1.807) is 0 Å². The van der Waals surface area contributed by atoms with Crippen LogP contribution >= 0.6 is 0 Å². The standard InChI is InChI=1S/2C9H10O2.H2O/c2*1-2-4-8(5-3-1)10-6-9-7-11-9;/h2*1-5,9H,6-7H2;1H2. The van der Waals surface area contributed by atoms with Gasteiger partial charge in [-0.2, -0.15) is 0 Å². The third kappa shape index (κ3) is 7.15. The van der Waals surface area contributed by atoms with Gasteiger partial charge in [-0.25, -0.2) is 0 Å². The predicted molar refractivity (Wildman–Crippen MR) is 87.0 cm³/mol. The fourth-order valence-corrected chi connectivity index (χ4v) is 1.74. The second-order valence-corrected chi connectivity index (χ2v) is 5.16. The summed E-state index contributed by atoms with van der Waals surface area (Å²) in [5, 5.41) is 0. The summed E-state index contributed by atoms with van der Waals surface area (Å²) in [6, 6.07) is 19.6. The van der Waals surface area contributed by atoms with E-state index in [9.17, 15) is 0 Å². The molecule has 2 aromatic carbocycles. The zero-order valence-electron chi connectivity index (χ0n) is 12.9. The molecular formula is C18H22O5. The van der Waals surface area contributed by atoms with Crippen LogP contribution in [0.25, 0.3) is 0 Å². The minimum Gasteiger partial charge on any atom is -0.491 e. The van der Waals surface area contributed by atoms with Crippen molar-refractivity contribution >= 4 is 0 Å². The first-order valence-corrected chi connectivity index (χ1v) is 7.49. The summed E-state index contributed by atoms with van der Waals surface area (Å²) in [7, 11) is 0. The third-order valence-electron chi connectivity index (χ3n) is 3.16. The number of hydrogen-bond donors (Lipinski definition) is 0. The molecule has 2 aliphatic heterocycles. The van der Waals surface area contributed by atoms with Gasteiger partial charge in [0.1, 0.15) is 36.9 Å². The van der Waals surface area contributed by atoms with E-state index in [0.29, 0.717) is 25.4 Å². The summed E-state index contributed by atoms with van der Waals surface area (Å²) < 4.78 is 20.8. The fraction of sp³-hybridized carbons (Fsp3) is 0.333. The van der Waals surface area contributed by atoms with Gasteiger partial charge in [0.25, 0.3) is 0 Å². The average molecular weight is 318 g/mol. The minimum absolute atomic E-state index is 0. The summed E-state index contributed by atoms with van der Waals surface area (Å²) in [5.41, 5.74) is 0. The molecule has 2 N–H and O–H groups in total. The molecule has 2 saturated heterocycles. The number of epoxide rings is 2. The Morgan fingerprint density at radius 2 is 1.04 bits per heavy atom. The van der Waals surface area contributed by atoms with Gasteiger partial charge >= 0.3 is 0 Å². The highest BCUT2D eigenvalue weighted by atomic mass is 16.6. The lowest BCUT2D eigenvalue weighted by Crippen LogP contribution is -2.03. The highest BCUT2D eigenvalue weighted by Gasteiger charge is 2.23. The highest BCUT2D eigenvalue weighted by Crippen LogP contribution is 2.14. The Balaban J connectivity index is 0.000000160. The largest absolute Gasteiger partial charge is 0.491 e. The maximum Gasteiger partial charge on any atom is 0.119 e. The zero-order chi connectivity index (χ0) is 15.0. The molecule has 2 atom stereocenters. The maximum absolute atomic E-state index is 5.40. The summed E-state index contributed by atoms with van der Waals surface area (Å²) >= 11 is 0. The fourth-order valence-electron chi connectivity index (χ4n) is 1.74. The van der Waals surface area contributed by atoms with Gasteiger partial charge in [0.15, 0.2) is 0 Å². The second-order valence-electron chi connectivity index (χ2n) is 5.16. The van der Waals surface area contributed by atoms with Crippen molar-refractivity contribution in [2.24, 2.45) is 0 Å². The molecule has 0 spiro atoms. The van der Waals surface area contributed by atoms with Gasteiger partial charge in [-0.3, -0.25) is 0 Å². The molecule has 5 heteroatoms. The summed E-state index contributed by atoms with van der Waals surface area (Å²) in [6.45, 7) is 3.08. The summed E-state index contributed by atoms with van der Waals surface area (Å²) in [6.07, 6.45) is 0.686. The van der Waals surface area contributed by atoms with Crippen LogP contribution in [-0.2, 0) is 9.47 Å². The third-order valence-corrected chi connectivity index (χ3v) is 3.16. The first-order valence-electron chi connectivity index (χ1n) is 7.49. The van der Waals surface area contributed by atoms with Crippen molar-refractivity contribution in [2.75, 3.05) is 26.4 Å².